The zero-order chi connectivity index (χ0) is 28.4. The molecule has 0 bridgehead atoms. The lowest BCUT2D eigenvalue weighted by Gasteiger charge is -2.22. The Labute approximate surface area is 234 Å². The summed E-state index contributed by atoms with van der Waals surface area (Å²) in [5, 5.41) is 16.1. The van der Waals surface area contributed by atoms with Gasteiger partial charge in [-0.25, -0.2) is 18.9 Å². The molecule has 4 aromatic rings. The Hall–Kier alpha value is -4.82. The van der Waals surface area contributed by atoms with E-state index in [0.29, 0.717) is 22.5 Å². The number of hydrogen-bond donors (Lipinski definition) is 1. The molecule has 1 saturated heterocycles. The Bertz CT molecular complexity index is 1690. The fourth-order valence-corrected chi connectivity index (χ4v) is 5.07. The molecule has 3 amide bonds. The number of urea groups is 1. The molecular weight excluding hydrogens is 529 g/mol. The van der Waals surface area contributed by atoms with Gasteiger partial charge in [0.05, 0.1) is 34.4 Å². The molecule has 3 aromatic carbocycles. The highest BCUT2D eigenvalue weighted by molar-refractivity contribution is 8.15. The van der Waals surface area contributed by atoms with E-state index in [1.54, 1.807) is 30.3 Å². The van der Waals surface area contributed by atoms with Crippen molar-refractivity contribution in [2.45, 2.75) is 26.7 Å². The van der Waals surface area contributed by atoms with E-state index in [0.717, 1.165) is 22.9 Å². The minimum absolute atomic E-state index is 0.0658. The van der Waals surface area contributed by atoms with Crippen LogP contribution in [-0.4, -0.2) is 37.6 Å². The molecule has 0 saturated carbocycles. The molecule has 40 heavy (non-hydrogen) atoms. The maximum atomic E-state index is 15.0. The first kappa shape index (κ1) is 26.8. The Morgan fingerprint density at radius 3 is 2.62 bits per heavy atom. The number of nitrogens with zero attached hydrogens (tertiary/aromatic N) is 6. The van der Waals surface area contributed by atoms with Gasteiger partial charge in [-0.3, -0.25) is 9.69 Å². The second-order valence-corrected chi connectivity index (χ2v) is 10.4. The van der Waals surface area contributed by atoms with Crippen LogP contribution in [0.1, 0.15) is 36.5 Å². The van der Waals surface area contributed by atoms with Crippen molar-refractivity contribution in [3.05, 3.63) is 89.5 Å². The molecule has 5 rings (SSSR count). The highest BCUT2D eigenvalue weighted by Crippen LogP contribution is 2.34. The van der Waals surface area contributed by atoms with Crippen molar-refractivity contribution >= 4 is 40.2 Å². The van der Waals surface area contributed by atoms with E-state index in [9.17, 15) is 14.0 Å². The number of anilines is 2. The van der Waals surface area contributed by atoms with Gasteiger partial charge in [0.1, 0.15) is 12.1 Å². The summed E-state index contributed by atoms with van der Waals surface area (Å²) >= 11 is 1.16. The van der Waals surface area contributed by atoms with E-state index in [-0.39, 0.29) is 34.3 Å². The lowest BCUT2D eigenvalue weighted by Crippen LogP contribution is -2.31. The van der Waals surface area contributed by atoms with Crippen LogP contribution in [0.4, 0.5) is 20.6 Å². The van der Waals surface area contributed by atoms with Crippen LogP contribution in [0.15, 0.2) is 72.0 Å². The fourth-order valence-electron chi connectivity index (χ4n) is 4.21. The summed E-state index contributed by atoms with van der Waals surface area (Å²) in [7, 11) is 0. The summed E-state index contributed by atoms with van der Waals surface area (Å²) in [5.74, 6) is -0.261. The number of benzene rings is 3. The molecule has 11 heteroatoms. The van der Waals surface area contributed by atoms with Crippen LogP contribution in [0.5, 0.6) is 0 Å². The van der Waals surface area contributed by atoms with Crippen LogP contribution in [-0.2, 0) is 4.79 Å². The van der Waals surface area contributed by atoms with Crippen LogP contribution in [0, 0.1) is 24.1 Å². The predicted molar refractivity (Wildman–Crippen MR) is 153 cm³/mol. The Kier molecular flexibility index (Phi) is 7.44. The quantitative estimate of drug-likeness (QED) is 0.322. The molecule has 0 atom stereocenters. The molecule has 200 valence electrons. The molecule has 9 nitrogen and oxygen atoms in total. The average Bonchev–Trinajstić information content (AvgIpc) is 3.57. The zero-order valence-corrected chi connectivity index (χ0v) is 22.7. The maximum absolute atomic E-state index is 15.0. The van der Waals surface area contributed by atoms with Gasteiger partial charge in [0.2, 0.25) is 5.91 Å². The van der Waals surface area contributed by atoms with Gasteiger partial charge in [-0.1, -0.05) is 37.7 Å². The van der Waals surface area contributed by atoms with Gasteiger partial charge in [-0.2, -0.15) is 10.3 Å². The van der Waals surface area contributed by atoms with Crippen molar-refractivity contribution in [3.63, 3.8) is 0 Å². The topological polar surface area (TPSA) is 116 Å². The number of nitrogens with one attached hydrogen (secondary N) is 1. The summed E-state index contributed by atoms with van der Waals surface area (Å²) in [6.07, 6.45) is 1.49. The average molecular weight is 554 g/mol. The third-order valence-corrected chi connectivity index (χ3v) is 7.16. The lowest BCUT2D eigenvalue weighted by molar-refractivity contribution is -0.115. The van der Waals surface area contributed by atoms with Crippen molar-refractivity contribution in [3.8, 4) is 23.1 Å². The predicted octanol–water partition coefficient (Wildman–Crippen LogP) is 6.04. The number of halogens is 1. The molecule has 1 aliphatic rings. The Morgan fingerprint density at radius 1 is 1.15 bits per heavy atom. The molecule has 0 radical (unpaired) electrons. The molecule has 1 aromatic heterocycles. The fraction of sp³-hybridized carbons (Fsp3) is 0.172. The number of carbonyl (C=O) groups excluding carboxylic acids is 2. The monoisotopic (exact) mass is 553 g/mol. The van der Waals surface area contributed by atoms with E-state index in [4.69, 9.17) is 5.26 Å². The number of rotatable bonds is 5. The van der Waals surface area contributed by atoms with Crippen molar-refractivity contribution < 1.29 is 14.0 Å². The smallest absolute Gasteiger partial charge is 0.303 e. The van der Waals surface area contributed by atoms with E-state index in [2.05, 4.69) is 26.5 Å². The van der Waals surface area contributed by atoms with Crippen molar-refractivity contribution in [1.82, 2.24) is 14.8 Å². The molecular formula is C29H24FN7O2S. The summed E-state index contributed by atoms with van der Waals surface area (Å²) in [5.41, 5.74) is 4.21. The second kappa shape index (κ2) is 11.1. The third kappa shape index (κ3) is 5.48. The first-order valence-electron chi connectivity index (χ1n) is 12.4. The van der Waals surface area contributed by atoms with Crippen LogP contribution < -0.4 is 10.2 Å². The number of nitriles is 1. The number of amidine groups is 1. The van der Waals surface area contributed by atoms with Crippen LogP contribution in [0.25, 0.3) is 17.1 Å². The Morgan fingerprint density at radius 2 is 1.93 bits per heavy atom. The van der Waals surface area contributed by atoms with Crippen molar-refractivity contribution in [2.75, 3.05) is 16.0 Å². The first-order valence-corrected chi connectivity index (χ1v) is 13.4. The van der Waals surface area contributed by atoms with E-state index in [1.165, 1.54) is 28.0 Å². The van der Waals surface area contributed by atoms with Gasteiger partial charge in [-0.15, -0.1) is 5.10 Å². The van der Waals surface area contributed by atoms with Crippen molar-refractivity contribution in [1.29, 1.82) is 5.26 Å². The lowest BCUT2D eigenvalue weighted by atomic mass is 9.99. The SMILES string of the molecule is Cc1ccc(C(C)C)c(N2C(=O)CSC2=NC(=O)Nc2ccc(-c3ncn(-c4ccc(C#N)cc4)n3)cc2F)c1. The van der Waals surface area contributed by atoms with Gasteiger partial charge in [-0.05, 0) is 72.5 Å². The number of aliphatic imine (C=N–C) groups is 1. The van der Waals surface area contributed by atoms with Gasteiger partial charge in [0.15, 0.2) is 11.0 Å². The van der Waals surface area contributed by atoms with Crippen LogP contribution in [0.3, 0.4) is 0 Å². The highest BCUT2D eigenvalue weighted by Gasteiger charge is 2.32. The number of aryl methyl sites for hydroxylation is 1. The summed E-state index contributed by atoms with van der Waals surface area (Å²) in [4.78, 5) is 35.4. The van der Waals surface area contributed by atoms with Gasteiger partial charge in [0, 0.05) is 5.56 Å². The molecule has 1 aliphatic heterocycles. The first-order chi connectivity index (χ1) is 19.2. The standard InChI is InChI=1S/C29H24FN7O2S/c1-17(2)22-10-4-18(3)12-25(22)37-26(38)15-40-29(37)34-28(39)33-24-11-7-20(13-23(24)30)27-32-16-36(35-27)21-8-5-19(14-31)6-9-21/h4-13,16-17H,15H2,1-3H3,(H,33,39). The van der Waals surface area contributed by atoms with Gasteiger partial charge >= 0.3 is 6.03 Å². The molecule has 0 aliphatic carbocycles. The second-order valence-electron chi connectivity index (χ2n) is 9.43. The van der Waals surface area contributed by atoms with Gasteiger partial charge < -0.3 is 5.32 Å². The van der Waals surface area contributed by atoms with Crippen LogP contribution >= 0.6 is 11.8 Å². The summed E-state index contributed by atoms with van der Waals surface area (Å²) < 4.78 is 16.5. The molecule has 2 heterocycles. The number of hydrogen-bond acceptors (Lipinski definition) is 6. The number of amides is 3. The number of aromatic nitrogens is 3. The molecule has 1 N–H and O–H groups in total. The minimum atomic E-state index is -0.796. The van der Waals surface area contributed by atoms with E-state index >= 15 is 0 Å². The normalized spacial score (nSPS) is 14.2. The number of thioether (sulfide) groups is 1. The van der Waals surface area contributed by atoms with E-state index in [1.807, 2.05) is 39.0 Å². The number of carbonyl (C=O) groups is 2. The third-order valence-electron chi connectivity index (χ3n) is 6.23. The highest BCUT2D eigenvalue weighted by atomic mass is 32.2. The van der Waals surface area contributed by atoms with Crippen molar-refractivity contribution in [2.24, 2.45) is 4.99 Å². The molecule has 0 unspecified atom stereocenters. The summed E-state index contributed by atoms with van der Waals surface area (Å²) in [6.45, 7) is 6.00. The zero-order valence-electron chi connectivity index (χ0n) is 21.9. The summed E-state index contributed by atoms with van der Waals surface area (Å²) in [6, 6.07) is 18.1. The largest absolute Gasteiger partial charge is 0.347 e. The maximum Gasteiger partial charge on any atom is 0.347 e. The molecule has 0 spiro atoms. The Balaban J connectivity index is 1.34. The van der Waals surface area contributed by atoms with Crippen LogP contribution in [0.2, 0.25) is 0 Å². The van der Waals surface area contributed by atoms with Gasteiger partial charge in [0.25, 0.3) is 0 Å². The minimum Gasteiger partial charge on any atom is -0.303 e. The molecule has 1 fully saturated rings. The van der Waals surface area contributed by atoms with E-state index < -0.39 is 11.8 Å².